The van der Waals surface area contributed by atoms with E-state index < -0.39 is 0 Å². The summed E-state index contributed by atoms with van der Waals surface area (Å²) in [5.41, 5.74) is 1.26. The summed E-state index contributed by atoms with van der Waals surface area (Å²) < 4.78 is 0. The summed E-state index contributed by atoms with van der Waals surface area (Å²) in [4.78, 5) is 13.3. The van der Waals surface area contributed by atoms with Gasteiger partial charge in [-0.05, 0) is 6.92 Å². The summed E-state index contributed by atoms with van der Waals surface area (Å²) in [7, 11) is 0. The van der Waals surface area contributed by atoms with E-state index in [0.29, 0.717) is 6.54 Å². The van der Waals surface area contributed by atoms with E-state index in [1.165, 1.54) is 5.57 Å². The smallest absolute Gasteiger partial charge is 0.224 e. The molecule has 0 bridgehead atoms. The predicted molar refractivity (Wildman–Crippen MR) is 48.4 cm³/mol. The second-order valence-corrected chi connectivity index (χ2v) is 3.22. The van der Waals surface area contributed by atoms with Crippen LogP contribution in [0.5, 0.6) is 0 Å². The van der Waals surface area contributed by atoms with Crippen molar-refractivity contribution >= 4 is 23.1 Å². The van der Waals surface area contributed by atoms with Crippen molar-refractivity contribution in [3.8, 4) is 0 Å². The van der Waals surface area contributed by atoms with Gasteiger partial charge in [0.1, 0.15) is 0 Å². The minimum Gasteiger partial charge on any atom is -0.303 e. The van der Waals surface area contributed by atoms with Gasteiger partial charge >= 0.3 is 0 Å². The van der Waals surface area contributed by atoms with E-state index in [9.17, 15) is 4.79 Å². The Labute approximate surface area is 71.9 Å². The lowest BCUT2D eigenvalue weighted by molar-refractivity contribution is -0.124. The van der Waals surface area contributed by atoms with Gasteiger partial charge in [0.05, 0.1) is 4.99 Å². The Morgan fingerprint density at radius 3 is 2.82 bits per heavy atom. The standard InChI is InChI=1S/C8H11NOS/c1-6-3-4-9(7(2)10)8(11)5-6/h3H,4-5H2,1-2H3. The first kappa shape index (κ1) is 8.40. The van der Waals surface area contributed by atoms with Crippen LogP contribution in [-0.2, 0) is 4.79 Å². The van der Waals surface area contributed by atoms with Gasteiger partial charge in [-0.25, -0.2) is 0 Å². The number of carbonyl (C=O) groups is 1. The van der Waals surface area contributed by atoms with Crippen molar-refractivity contribution in [3.05, 3.63) is 11.6 Å². The molecule has 0 atom stereocenters. The third-order valence-electron chi connectivity index (χ3n) is 1.73. The topological polar surface area (TPSA) is 20.3 Å². The van der Waals surface area contributed by atoms with Gasteiger partial charge in [0.25, 0.3) is 0 Å². The normalized spacial score (nSPS) is 18.2. The number of amides is 1. The highest BCUT2D eigenvalue weighted by atomic mass is 32.1. The third-order valence-corrected chi connectivity index (χ3v) is 2.10. The minimum absolute atomic E-state index is 0.0405. The Hall–Kier alpha value is -0.700. The predicted octanol–water partition coefficient (Wildman–Crippen LogP) is 1.51. The molecule has 1 aliphatic rings. The molecule has 0 saturated heterocycles. The number of hydrogen-bond acceptors (Lipinski definition) is 2. The maximum absolute atomic E-state index is 10.9. The summed E-state index contributed by atoms with van der Waals surface area (Å²) in [6.45, 7) is 4.23. The lowest BCUT2D eigenvalue weighted by Crippen LogP contribution is -2.36. The quantitative estimate of drug-likeness (QED) is 0.404. The lowest BCUT2D eigenvalue weighted by Gasteiger charge is -2.24. The molecule has 0 aromatic heterocycles. The molecule has 0 unspecified atom stereocenters. The number of hydrogen-bond donors (Lipinski definition) is 0. The second kappa shape index (κ2) is 3.13. The Balaban J connectivity index is 2.74. The van der Waals surface area contributed by atoms with E-state index in [0.717, 1.165) is 11.4 Å². The third kappa shape index (κ3) is 1.87. The van der Waals surface area contributed by atoms with Crippen LogP contribution in [0.15, 0.2) is 11.6 Å². The highest BCUT2D eigenvalue weighted by Crippen LogP contribution is 2.12. The van der Waals surface area contributed by atoms with Crippen molar-refractivity contribution in [3.63, 3.8) is 0 Å². The minimum atomic E-state index is 0.0405. The van der Waals surface area contributed by atoms with E-state index in [-0.39, 0.29) is 5.91 Å². The van der Waals surface area contributed by atoms with Crippen LogP contribution in [0, 0.1) is 0 Å². The molecule has 60 valence electrons. The van der Waals surface area contributed by atoms with Crippen molar-refractivity contribution in [2.45, 2.75) is 20.3 Å². The molecular weight excluding hydrogens is 158 g/mol. The molecular formula is C8H11NOS. The van der Waals surface area contributed by atoms with Gasteiger partial charge < -0.3 is 4.90 Å². The molecule has 0 aromatic rings. The van der Waals surface area contributed by atoms with Crippen LogP contribution < -0.4 is 0 Å². The van der Waals surface area contributed by atoms with Crippen LogP contribution in [0.25, 0.3) is 0 Å². The van der Waals surface area contributed by atoms with Crippen LogP contribution in [0.1, 0.15) is 20.3 Å². The zero-order chi connectivity index (χ0) is 8.43. The van der Waals surface area contributed by atoms with Crippen molar-refractivity contribution in [2.24, 2.45) is 0 Å². The number of rotatable bonds is 0. The molecule has 0 saturated carbocycles. The molecule has 0 radical (unpaired) electrons. The fourth-order valence-corrected chi connectivity index (χ4v) is 1.49. The largest absolute Gasteiger partial charge is 0.303 e. The Bertz CT molecular complexity index is 232. The molecule has 0 spiro atoms. The molecule has 0 aliphatic carbocycles. The average molecular weight is 169 g/mol. The highest BCUT2D eigenvalue weighted by molar-refractivity contribution is 7.80. The van der Waals surface area contributed by atoms with Gasteiger partial charge in [-0.15, -0.1) is 0 Å². The molecule has 0 fully saturated rings. The number of carbonyl (C=O) groups excluding carboxylic acids is 1. The SMILES string of the molecule is CC(=O)N1CC=C(C)CC1=S. The van der Waals surface area contributed by atoms with E-state index in [2.05, 4.69) is 0 Å². The lowest BCUT2D eigenvalue weighted by atomic mass is 10.1. The van der Waals surface area contributed by atoms with Crippen LogP contribution >= 0.6 is 12.2 Å². The molecule has 2 nitrogen and oxygen atoms in total. The van der Waals surface area contributed by atoms with Crippen LogP contribution in [0.3, 0.4) is 0 Å². The zero-order valence-corrected chi connectivity index (χ0v) is 7.57. The van der Waals surface area contributed by atoms with Gasteiger partial charge in [-0.1, -0.05) is 23.9 Å². The van der Waals surface area contributed by atoms with Crippen molar-refractivity contribution in [2.75, 3.05) is 6.54 Å². The molecule has 1 rings (SSSR count). The molecule has 11 heavy (non-hydrogen) atoms. The number of nitrogens with zero attached hydrogens (tertiary/aromatic N) is 1. The van der Waals surface area contributed by atoms with Gasteiger partial charge in [0, 0.05) is 19.9 Å². The fourth-order valence-electron chi connectivity index (χ4n) is 1.06. The summed E-state index contributed by atoms with van der Waals surface area (Å²) in [5, 5.41) is 0. The van der Waals surface area contributed by atoms with E-state index in [1.807, 2.05) is 13.0 Å². The summed E-state index contributed by atoms with van der Waals surface area (Å²) in [6.07, 6.45) is 2.80. The van der Waals surface area contributed by atoms with Crippen molar-refractivity contribution in [1.82, 2.24) is 4.90 Å². The molecule has 1 amide bonds. The molecule has 1 aliphatic heterocycles. The fraction of sp³-hybridized carbons (Fsp3) is 0.500. The highest BCUT2D eigenvalue weighted by Gasteiger charge is 2.16. The monoisotopic (exact) mass is 169 g/mol. The first-order valence-corrected chi connectivity index (χ1v) is 3.98. The Kier molecular flexibility index (Phi) is 2.39. The van der Waals surface area contributed by atoms with Gasteiger partial charge in [-0.2, -0.15) is 0 Å². The van der Waals surface area contributed by atoms with E-state index in [1.54, 1.807) is 11.8 Å². The molecule has 3 heteroatoms. The first-order chi connectivity index (χ1) is 5.11. The maximum Gasteiger partial charge on any atom is 0.224 e. The Morgan fingerprint density at radius 2 is 2.36 bits per heavy atom. The van der Waals surface area contributed by atoms with Crippen LogP contribution in [0.4, 0.5) is 0 Å². The summed E-state index contributed by atoms with van der Waals surface area (Å²) in [6, 6.07) is 0. The van der Waals surface area contributed by atoms with Gasteiger partial charge in [0.2, 0.25) is 5.91 Å². The van der Waals surface area contributed by atoms with E-state index in [4.69, 9.17) is 12.2 Å². The molecule has 0 aromatic carbocycles. The maximum atomic E-state index is 10.9. The van der Waals surface area contributed by atoms with Gasteiger partial charge in [0.15, 0.2) is 0 Å². The van der Waals surface area contributed by atoms with Crippen molar-refractivity contribution < 1.29 is 4.79 Å². The first-order valence-electron chi connectivity index (χ1n) is 3.58. The van der Waals surface area contributed by atoms with Gasteiger partial charge in [-0.3, -0.25) is 4.79 Å². The summed E-state index contributed by atoms with van der Waals surface area (Å²) >= 11 is 5.04. The van der Waals surface area contributed by atoms with Crippen LogP contribution in [0.2, 0.25) is 0 Å². The van der Waals surface area contributed by atoms with Crippen molar-refractivity contribution in [1.29, 1.82) is 0 Å². The number of thiocarbonyl (C=S) groups is 1. The Morgan fingerprint density at radius 1 is 1.73 bits per heavy atom. The zero-order valence-electron chi connectivity index (χ0n) is 6.76. The summed E-state index contributed by atoms with van der Waals surface area (Å²) in [5.74, 6) is 0.0405. The second-order valence-electron chi connectivity index (χ2n) is 2.75. The van der Waals surface area contributed by atoms with E-state index >= 15 is 0 Å². The average Bonchev–Trinajstić information content (AvgIpc) is 1.85. The molecule has 0 N–H and O–H groups in total. The molecule has 1 heterocycles. The van der Waals surface area contributed by atoms with Crippen LogP contribution in [-0.4, -0.2) is 22.3 Å².